The van der Waals surface area contributed by atoms with Crippen molar-refractivity contribution in [3.05, 3.63) is 34.9 Å². The number of hydrogen-bond donors (Lipinski definition) is 1. The average Bonchev–Trinajstić information content (AvgIpc) is 2.30. The number of amides is 1. The van der Waals surface area contributed by atoms with Gasteiger partial charge in [0.1, 0.15) is 5.54 Å². The first kappa shape index (κ1) is 14.2. The minimum Gasteiger partial charge on any atom is -0.480 e. The van der Waals surface area contributed by atoms with E-state index in [1.54, 1.807) is 12.1 Å². The fraction of sp³-hybridized carbons (Fsp3) is 0.429. The second-order valence-corrected chi connectivity index (χ2v) is 5.03. The molecule has 0 saturated heterocycles. The topological polar surface area (TPSA) is 57.6 Å². The highest BCUT2D eigenvalue weighted by Gasteiger charge is 2.35. The van der Waals surface area contributed by atoms with Gasteiger partial charge >= 0.3 is 5.97 Å². The number of carbonyl (C=O) groups excluding carboxylic acids is 1. The third-order valence-electron chi connectivity index (χ3n) is 3.42. The number of rotatable bonds is 3. The summed E-state index contributed by atoms with van der Waals surface area (Å²) in [6, 6.07) is 5.37. The minimum absolute atomic E-state index is 0.287. The Bertz CT molecular complexity index is 492. The standard InChI is InChI=1S/C14H19NO3/c1-9-6-7-11(8-10(9)2)12(16)15(5)14(3,4)13(17)18/h6-8H,1-5H3,(H,17,18). The van der Waals surface area contributed by atoms with Gasteiger partial charge in [0.05, 0.1) is 0 Å². The molecule has 0 radical (unpaired) electrons. The van der Waals surface area contributed by atoms with Crippen LogP contribution in [-0.4, -0.2) is 34.5 Å². The van der Waals surface area contributed by atoms with E-state index in [0.29, 0.717) is 5.56 Å². The Balaban J connectivity index is 3.07. The number of benzene rings is 1. The van der Waals surface area contributed by atoms with Crippen LogP contribution in [0.3, 0.4) is 0 Å². The van der Waals surface area contributed by atoms with E-state index in [9.17, 15) is 9.59 Å². The van der Waals surface area contributed by atoms with Crippen LogP contribution in [0.1, 0.15) is 35.3 Å². The van der Waals surface area contributed by atoms with Crippen molar-refractivity contribution in [3.63, 3.8) is 0 Å². The number of carboxylic acids is 1. The fourth-order valence-corrected chi connectivity index (χ4v) is 1.47. The minimum atomic E-state index is -1.23. The molecule has 1 rings (SSSR count). The second-order valence-electron chi connectivity index (χ2n) is 5.03. The average molecular weight is 249 g/mol. The third-order valence-corrected chi connectivity index (χ3v) is 3.42. The fourth-order valence-electron chi connectivity index (χ4n) is 1.47. The zero-order valence-corrected chi connectivity index (χ0v) is 11.4. The molecule has 0 aliphatic carbocycles. The SMILES string of the molecule is Cc1ccc(C(=O)N(C)C(C)(C)C(=O)O)cc1C. The van der Waals surface area contributed by atoms with E-state index >= 15 is 0 Å². The number of likely N-dealkylation sites (N-methyl/N-ethyl adjacent to an activating group) is 1. The van der Waals surface area contributed by atoms with E-state index in [4.69, 9.17) is 5.11 Å². The molecule has 0 unspecified atom stereocenters. The summed E-state index contributed by atoms with van der Waals surface area (Å²) in [5.41, 5.74) is 1.40. The molecule has 0 spiro atoms. The van der Waals surface area contributed by atoms with Gasteiger partial charge in [0.2, 0.25) is 0 Å². The van der Waals surface area contributed by atoms with Gasteiger partial charge in [0.25, 0.3) is 5.91 Å². The maximum absolute atomic E-state index is 12.2. The molecule has 0 heterocycles. The van der Waals surface area contributed by atoms with Gasteiger partial charge in [-0.15, -0.1) is 0 Å². The van der Waals surface area contributed by atoms with E-state index in [2.05, 4.69) is 0 Å². The number of aliphatic carboxylic acids is 1. The summed E-state index contributed by atoms with van der Waals surface area (Å²) < 4.78 is 0. The van der Waals surface area contributed by atoms with Crippen LogP contribution in [0.15, 0.2) is 18.2 Å². The molecule has 18 heavy (non-hydrogen) atoms. The van der Waals surface area contributed by atoms with Gasteiger partial charge in [-0.25, -0.2) is 4.79 Å². The van der Waals surface area contributed by atoms with Crippen LogP contribution in [0.5, 0.6) is 0 Å². The Kier molecular flexibility index (Phi) is 3.79. The normalized spacial score (nSPS) is 11.2. The van der Waals surface area contributed by atoms with Gasteiger partial charge < -0.3 is 10.0 Å². The highest BCUT2D eigenvalue weighted by Crippen LogP contribution is 2.18. The summed E-state index contributed by atoms with van der Waals surface area (Å²) >= 11 is 0. The van der Waals surface area contributed by atoms with Gasteiger partial charge in [-0.2, -0.15) is 0 Å². The van der Waals surface area contributed by atoms with E-state index in [1.165, 1.54) is 25.8 Å². The molecule has 0 atom stereocenters. The lowest BCUT2D eigenvalue weighted by Crippen LogP contribution is -2.50. The maximum atomic E-state index is 12.2. The largest absolute Gasteiger partial charge is 0.480 e. The first-order valence-corrected chi connectivity index (χ1v) is 5.76. The lowest BCUT2D eigenvalue weighted by molar-refractivity contribution is -0.147. The number of carboxylic acid groups (broad SMARTS) is 1. The van der Waals surface area contributed by atoms with Crippen LogP contribution >= 0.6 is 0 Å². The molecular weight excluding hydrogens is 230 g/mol. The first-order valence-electron chi connectivity index (χ1n) is 5.76. The zero-order valence-electron chi connectivity index (χ0n) is 11.4. The van der Waals surface area contributed by atoms with Crippen LogP contribution < -0.4 is 0 Å². The first-order chi connectivity index (χ1) is 8.17. The van der Waals surface area contributed by atoms with Gasteiger partial charge in [0.15, 0.2) is 0 Å². The van der Waals surface area contributed by atoms with Crippen molar-refractivity contribution in [2.45, 2.75) is 33.2 Å². The molecule has 0 aliphatic heterocycles. The van der Waals surface area contributed by atoms with E-state index < -0.39 is 11.5 Å². The Morgan fingerprint density at radius 1 is 1.17 bits per heavy atom. The summed E-state index contributed by atoms with van der Waals surface area (Å²) in [7, 11) is 1.51. The van der Waals surface area contributed by atoms with Gasteiger partial charge in [-0.05, 0) is 51.0 Å². The van der Waals surface area contributed by atoms with E-state index in [-0.39, 0.29) is 5.91 Å². The quantitative estimate of drug-likeness (QED) is 0.893. The smallest absolute Gasteiger partial charge is 0.329 e. The Hall–Kier alpha value is -1.84. The molecule has 0 fully saturated rings. The van der Waals surface area contributed by atoms with Crippen molar-refractivity contribution in [3.8, 4) is 0 Å². The predicted octanol–water partition coefficient (Wildman–Crippen LogP) is 2.24. The Morgan fingerprint density at radius 2 is 1.72 bits per heavy atom. The molecule has 1 aromatic carbocycles. The molecule has 0 saturated carbocycles. The molecule has 0 aromatic heterocycles. The van der Waals surface area contributed by atoms with Crippen molar-refractivity contribution in [2.75, 3.05) is 7.05 Å². The summed E-state index contributed by atoms with van der Waals surface area (Å²) in [6.07, 6.45) is 0. The van der Waals surface area contributed by atoms with Crippen molar-refractivity contribution in [1.29, 1.82) is 0 Å². The lowest BCUT2D eigenvalue weighted by Gasteiger charge is -2.31. The highest BCUT2D eigenvalue weighted by molar-refractivity contribution is 5.97. The van der Waals surface area contributed by atoms with Gasteiger partial charge in [-0.3, -0.25) is 4.79 Å². The highest BCUT2D eigenvalue weighted by atomic mass is 16.4. The van der Waals surface area contributed by atoms with E-state index in [0.717, 1.165) is 11.1 Å². The van der Waals surface area contributed by atoms with Crippen molar-refractivity contribution in [1.82, 2.24) is 4.90 Å². The molecule has 4 heteroatoms. The van der Waals surface area contributed by atoms with Crippen molar-refractivity contribution >= 4 is 11.9 Å². The Morgan fingerprint density at radius 3 is 2.17 bits per heavy atom. The molecule has 1 N–H and O–H groups in total. The third kappa shape index (κ3) is 2.53. The van der Waals surface area contributed by atoms with Crippen LogP contribution in [0.4, 0.5) is 0 Å². The summed E-state index contributed by atoms with van der Waals surface area (Å²) in [4.78, 5) is 24.6. The molecular formula is C14H19NO3. The molecule has 98 valence electrons. The number of carbonyl (C=O) groups is 2. The Labute approximate surface area is 107 Å². The van der Waals surface area contributed by atoms with Crippen molar-refractivity contribution < 1.29 is 14.7 Å². The summed E-state index contributed by atoms with van der Waals surface area (Å²) in [5.74, 6) is -1.31. The van der Waals surface area contributed by atoms with Gasteiger partial charge in [0, 0.05) is 12.6 Å². The zero-order chi connectivity index (χ0) is 14.1. The molecule has 4 nitrogen and oxygen atoms in total. The van der Waals surface area contributed by atoms with E-state index in [1.807, 2.05) is 19.9 Å². The van der Waals surface area contributed by atoms with Crippen molar-refractivity contribution in [2.24, 2.45) is 0 Å². The van der Waals surface area contributed by atoms with Crippen LogP contribution in [0.2, 0.25) is 0 Å². The van der Waals surface area contributed by atoms with Crippen LogP contribution in [0, 0.1) is 13.8 Å². The summed E-state index contributed by atoms with van der Waals surface area (Å²) in [5, 5.41) is 9.11. The number of nitrogens with zero attached hydrogens (tertiary/aromatic N) is 1. The maximum Gasteiger partial charge on any atom is 0.329 e. The molecule has 0 bridgehead atoms. The lowest BCUT2D eigenvalue weighted by atomic mass is 10.0. The second kappa shape index (κ2) is 4.80. The summed E-state index contributed by atoms with van der Waals surface area (Å²) in [6.45, 7) is 6.91. The van der Waals surface area contributed by atoms with Crippen LogP contribution in [0.25, 0.3) is 0 Å². The molecule has 0 aliphatic rings. The molecule has 1 amide bonds. The predicted molar refractivity (Wildman–Crippen MR) is 69.7 cm³/mol. The number of hydrogen-bond acceptors (Lipinski definition) is 2. The number of aryl methyl sites for hydroxylation is 2. The monoisotopic (exact) mass is 249 g/mol. The van der Waals surface area contributed by atoms with Crippen LogP contribution in [-0.2, 0) is 4.79 Å². The molecule has 1 aromatic rings. The van der Waals surface area contributed by atoms with Gasteiger partial charge in [-0.1, -0.05) is 6.07 Å².